The molecule has 0 bridgehead atoms. The Morgan fingerprint density at radius 2 is 2.17 bits per heavy atom. The Hall–Kier alpha value is -3.46. The van der Waals surface area contributed by atoms with E-state index < -0.39 is 5.56 Å². The number of thiophene rings is 1. The summed E-state index contributed by atoms with van der Waals surface area (Å²) in [5, 5.41) is 13.0. The molecule has 4 heterocycles. The molecule has 0 fully saturated rings. The summed E-state index contributed by atoms with van der Waals surface area (Å²) in [5.74, 6) is 0.948. The van der Waals surface area contributed by atoms with E-state index in [2.05, 4.69) is 15.6 Å². The third-order valence-electron chi connectivity index (χ3n) is 4.21. The van der Waals surface area contributed by atoms with E-state index in [1.807, 2.05) is 23.6 Å². The van der Waals surface area contributed by atoms with Crippen LogP contribution in [-0.2, 0) is 17.8 Å². The summed E-state index contributed by atoms with van der Waals surface area (Å²) in [7, 11) is 0. The average Bonchev–Trinajstić information content (AvgIpc) is 3.45. The van der Waals surface area contributed by atoms with Gasteiger partial charge in [-0.1, -0.05) is 11.2 Å². The summed E-state index contributed by atoms with van der Waals surface area (Å²) >= 11 is 1.49. The number of hydrogen-bond acceptors (Lipinski definition) is 7. The number of carbonyl (C=O) groups excluding carboxylic acids is 1. The van der Waals surface area contributed by atoms with Gasteiger partial charge in [-0.05, 0) is 30.5 Å². The van der Waals surface area contributed by atoms with Crippen LogP contribution in [0.3, 0.4) is 0 Å². The van der Waals surface area contributed by atoms with Crippen LogP contribution in [0.25, 0.3) is 21.9 Å². The van der Waals surface area contributed by atoms with Crippen molar-refractivity contribution in [3.05, 3.63) is 69.8 Å². The van der Waals surface area contributed by atoms with E-state index in [1.54, 1.807) is 25.3 Å². The Labute approximate surface area is 169 Å². The molecular weight excluding hydrogens is 392 g/mol. The number of amides is 1. The van der Waals surface area contributed by atoms with E-state index in [-0.39, 0.29) is 12.5 Å². The van der Waals surface area contributed by atoms with E-state index in [4.69, 9.17) is 8.94 Å². The first-order valence-corrected chi connectivity index (χ1v) is 9.87. The van der Waals surface area contributed by atoms with Crippen LogP contribution < -0.4 is 10.9 Å². The van der Waals surface area contributed by atoms with Crippen molar-refractivity contribution < 1.29 is 13.7 Å². The lowest BCUT2D eigenvalue weighted by atomic mass is 10.1. The molecule has 0 saturated heterocycles. The predicted molar refractivity (Wildman–Crippen MR) is 107 cm³/mol. The molecule has 148 valence electrons. The summed E-state index contributed by atoms with van der Waals surface area (Å²) in [6.45, 7) is 2.04. The highest BCUT2D eigenvalue weighted by atomic mass is 32.1. The smallest absolute Gasteiger partial charge is 0.268 e. The lowest BCUT2D eigenvalue weighted by Gasteiger charge is -2.10. The molecule has 4 aromatic heterocycles. The Bertz CT molecular complexity index is 1160. The van der Waals surface area contributed by atoms with Crippen LogP contribution in [-0.4, -0.2) is 27.4 Å². The maximum absolute atomic E-state index is 12.6. The molecule has 0 aliphatic rings. The van der Waals surface area contributed by atoms with Gasteiger partial charge in [0.2, 0.25) is 5.91 Å². The van der Waals surface area contributed by atoms with Gasteiger partial charge in [-0.2, -0.15) is 5.10 Å². The highest BCUT2D eigenvalue weighted by Crippen LogP contribution is 2.32. The maximum atomic E-state index is 12.6. The molecule has 4 rings (SSSR count). The van der Waals surface area contributed by atoms with Crippen molar-refractivity contribution >= 4 is 17.2 Å². The zero-order chi connectivity index (χ0) is 20.2. The molecule has 1 amide bonds. The van der Waals surface area contributed by atoms with Crippen LogP contribution >= 0.6 is 11.3 Å². The zero-order valence-electron chi connectivity index (χ0n) is 15.6. The van der Waals surface area contributed by atoms with Gasteiger partial charge in [0, 0.05) is 25.1 Å². The number of nitrogens with one attached hydrogen (secondary N) is 1. The third-order valence-corrected chi connectivity index (χ3v) is 5.09. The van der Waals surface area contributed by atoms with Gasteiger partial charge in [-0.3, -0.25) is 9.59 Å². The number of hydrogen-bond donors (Lipinski definition) is 1. The number of furan rings is 1. The Kier molecular flexibility index (Phi) is 5.39. The molecule has 0 saturated carbocycles. The zero-order valence-corrected chi connectivity index (χ0v) is 16.4. The van der Waals surface area contributed by atoms with Crippen LogP contribution in [0.4, 0.5) is 0 Å². The van der Waals surface area contributed by atoms with Gasteiger partial charge < -0.3 is 14.3 Å². The van der Waals surface area contributed by atoms with Crippen molar-refractivity contribution in [2.75, 3.05) is 6.54 Å². The molecule has 0 aromatic carbocycles. The van der Waals surface area contributed by atoms with Gasteiger partial charge in [0.15, 0.2) is 5.76 Å². The van der Waals surface area contributed by atoms with Crippen LogP contribution in [0, 0.1) is 6.92 Å². The second-order valence-corrected chi connectivity index (χ2v) is 7.34. The molecule has 0 aliphatic heterocycles. The SMILES string of the molecule is Cc1cc(-c2cc(=O)n(CC(=O)NCCc3ccco3)nc2-c2cccs2)on1. The van der Waals surface area contributed by atoms with Crippen molar-refractivity contribution in [3.8, 4) is 21.9 Å². The molecule has 29 heavy (non-hydrogen) atoms. The second kappa shape index (κ2) is 8.27. The largest absolute Gasteiger partial charge is 0.469 e. The number of rotatable bonds is 7. The fourth-order valence-corrected chi connectivity index (χ4v) is 3.57. The quantitative estimate of drug-likeness (QED) is 0.502. The highest BCUT2D eigenvalue weighted by molar-refractivity contribution is 7.13. The molecule has 0 aliphatic carbocycles. The Morgan fingerprint density at radius 1 is 1.28 bits per heavy atom. The van der Waals surface area contributed by atoms with Gasteiger partial charge in [0.25, 0.3) is 5.56 Å². The van der Waals surface area contributed by atoms with E-state index in [0.29, 0.717) is 35.7 Å². The molecule has 0 radical (unpaired) electrons. The van der Waals surface area contributed by atoms with E-state index in [9.17, 15) is 9.59 Å². The van der Waals surface area contributed by atoms with Crippen LogP contribution in [0.5, 0.6) is 0 Å². The minimum atomic E-state index is -0.393. The van der Waals surface area contributed by atoms with Crippen LogP contribution in [0.15, 0.2) is 61.8 Å². The summed E-state index contributed by atoms with van der Waals surface area (Å²) < 4.78 is 11.7. The molecular formula is C20H18N4O4S. The molecule has 0 spiro atoms. The predicted octanol–water partition coefficient (Wildman–Crippen LogP) is 2.89. The average molecular weight is 410 g/mol. The minimum Gasteiger partial charge on any atom is -0.469 e. The van der Waals surface area contributed by atoms with Gasteiger partial charge >= 0.3 is 0 Å². The lowest BCUT2D eigenvalue weighted by molar-refractivity contribution is -0.121. The monoisotopic (exact) mass is 410 g/mol. The molecule has 8 nitrogen and oxygen atoms in total. The number of aryl methyl sites for hydroxylation is 1. The van der Waals surface area contributed by atoms with Crippen molar-refractivity contribution in [3.63, 3.8) is 0 Å². The molecule has 0 unspecified atom stereocenters. The number of nitrogens with zero attached hydrogens (tertiary/aromatic N) is 3. The normalized spacial score (nSPS) is 10.9. The molecule has 1 N–H and O–H groups in total. The van der Waals surface area contributed by atoms with Crippen molar-refractivity contribution in [1.82, 2.24) is 20.3 Å². The number of aromatic nitrogens is 3. The topological polar surface area (TPSA) is 103 Å². The van der Waals surface area contributed by atoms with Crippen molar-refractivity contribution in [2.45, 2.75) is 19.9 Å². The van der Waals surface area contributed by atoms with Gasteiger partial charge in [0.05, 0.1) is 22.4 Å². The van der Waals surface area contributed by atoms with E-state index in [0.717, 1.165) is 15.3 Å². The molecule has 4 aromatic rings. The Morgan fingerprint density at radius 3 is 2.86 bits per heavy atom. The van der Waals surface area contributed by atoms with Crippen molar-refractivity contribution in [2.24, 2.45) is 0 Å². The second-order valence-electron chi connectivity index (χ2n) is 6.39. The minimum absolute atomic E-state index is 0.176. The van der Waals surface area contributed by atoms with Crippen molar-refractivity contribution in [1.29, 1.82) is 0 Å². The maximum Gasteiger partial charge on any atom is 0.268 e. The molecule has 0 atom stereocenters. The fraction of sp³-hybridized carbons (Fsp3) is 0.200. The third kappa shape index (κ3) is 4.35. The highest BCUT2D eigenvalue weighted by Gasteiger charge is 2.18. The first-order valence-electron chi connectivity index (χ1n) is 8.99. The van der Waals surface area contributed by atoms with Crippen LogP contribution in [0.1, 0.15) is 11.5 Å². The molecule has 9 heteroatoms. The first kappa shape index (κ1) is 18.9. The summed E-state index contributed by atoms with van der Waals surface area (Å²) in [4.78, 5) is 25.7. The van der Waals surface area contributed by atoms with E-state index >= 15 is 0 Å². The van der Waals surface area contributed by atoms with Gasteiger partial charge in [0.1, 0.15) is 18.0 Å². The summed E-state index contributed by atoms with van der Waals surface area (Å²) in [6, 6.07) is 10.6. The van der Waals surface area contributed by atoms with Crippen LogP contribution in [0.2, 0.25) is 0 Å². The van der Waals surface area contributed by atoms with Gasteiger partial charge in [-0.15, -0.1) is 11.3 Å². The number of carbonyl (C=O) groups is 1. The standard InChI is InChI=1S/C20H18N4O4S/c1-13-10-16(28-23-13)15-11-19(26)24(22-20(15)17-5-3-9-29-17)12-18(25)21-7-6-14-4-2-8-27-14/h2-5,8-11H,6-7,12H2,1H3,(H,21,25). The summed E-state index contributed by atoms with van der Waals surface area (Å²) in [6.07, 6.45) is 2.16. The summed E-state index contributed by atoms with van der Waals surface area (Å²) in [5.41, 5.74) is 1.43. The Balaban J connectivity index is 1.56. The fourth-order valence-electron chi connectivity index (χ4n) is 2.85. The first-order chi connectivity index (χ1) is 14.1. The lowest BCUT2D eigenvalue weighted by Crippen LogP contribution is -2.34. The van der Waals surface area contributed by atoms with Gasteiger partial charge in [-0.25, -0.2) is 4.68 Å². The van der Waals surface area contributed by atoms with E-state index in [1.165, 1.54) is 17.4 Å².